The lowest BCUT2D eigenvalue weighted by molar-refractivity contribution is -0.129. The molecule has 1 aromatic carbocycles. The summed E-state index contributed by atoms with van der Waals surface area (Å²) in [6, 6.07) is 6.03. The Bertz CT molecular complexity index is 786. The van der Waals surface area contributed by atoms with Gasteiger partial charge in [-0.1, -0.05) is 18.7 Å². The fraction of sp³-hybridized carbons (Fsp3) is 0.316. The first-order valence-electron chi connectivity index (χ1n) is 8.44. The van der Waals surface area contributed by atoms with Crippen molar-refractivity contribution in [1.82, 2.24) is 14.8 Å². The van der Waals surface area contributed by atoms with Gasteiger partial charge in [-0.3, -0.25) is 14.6 Å². The van der Waals surface area contributed by atoms with Gasteiger partial charge in [-0.05, 0) is 31.1 Å². The van der Waals surface area contributed by atoms with Crippen LogP contribution in [0.25, 0.3) is 0 Å². The summed E-state index contributed by atoms with van der Waals surface area (Å²) in [5.41, 5.74) is 1.83. The molecule has 2 amide bonds. The van der Waals surface area contributed by atoms with E-state index in [4.69, 9.17) is 0 Å². The van der Waals surface area contributed by atoms with Gasteiger partial charge in [0.05, 0.1) is 17.6 Å². The van der Waals surface area contributed by atoms with Crippen LogP contribution in [0.1, 0.15) is 28.1 Å². The van der Waals surface area contributed by atoms with Crippen LogP contribution >= 0.6 is 11.3 Å². The highest BCUT2D eigenvalue weighted by Gasteiger charge is 2.30. The van der Waals surface area contributed by atoms with Gasteiger partial charge in [0, 0.05) is 30.2 Å². The number of halogens is 1. The summed E-state index contributed by atoms with van der Waals surface area (Å²) in [7, 11) is 0. The molecule has 7 heteroatoms. The lowest BCUT2D eigenvalue weighted by Crippen LogP contribution is -2.48. The standard InChI is InChI=1S/C19H20FN3O2S/c1-2-18(24)23(12-15-11-21-13-26-15)14-7-9-22(10-8-14)19(25)16-5-3-4-6-17(16)20/h2-6,11,13-14H,1,7-10,12H2. The number of nitrogens with zero attached hydrogens (tertiary/aromatic N) is 3. The smallest absolute Gasteiger partial charge is 0.256 e. The lowest BCUT2D eigenvalue weighted by atomic mass is 10.0. The van der Waals surface area contributed by atoms with Gasteiger partial charge >= 0.3 is 0 Å². The van der Waals surface area contributed by atoms with Gasteiger partial charge in [-0.15, -0.1) is 11.3 Å². The number of hydrogen-bond acceptors (Lipinski definition) is 4. The molecule has 1 aliphatic rings. The van der Waals surface area contributed by atoms with E-state index in [0.29, 0.717) is 32.5 Å². The minimum Gasteiger partial charge on any atom is -0.338 e. The minimum atomic E-state index is -0.506. The lowest BCUT2D eigenvalue weighted by Gasteiger charge is -2.38. The fourth-order valence-electron chi connectivity index (χ4n) is 3.18. The van der Waals surface area contributed by atoms with E-state index in [0.717, 1.165) is 4.88 Å². The van der Waals surface area contributed by atoms with Crippen LogP contribution in [0.3, 0.4) is 0 Å². The largest absolute Gasteiger partial charge is 0.338 e. The first-order valence-corrected chi connectivity index (χ1v) is 9.32. The second-order valence-electron chi connectivity index (χ2n) is 6.14. The Morgan fingerprint density at radius 3 is 2.69 bits per heavy atom. The second-order valence-corrected chi connectivity index (χ2v) is 7.11. The average molecular weight is 373 g/mol. The molecule has 26 heavy (non-hydrogen) atoms. The molecule has 1 aromatic heterocycles. The number of likely N-dealkylation sites (tertiary alicyclic amines) is 1. The van der Waals surface area contributed by atoms with E-state index in [1.54, 1.807) is 33.6 Å². The van der Waals surface area contributed by atoms with E-state index in [1.165, 1.54) is 29.5 Å². The normalized spacial score (nSPS) is 14.9. The summed E-state index contributed by atoms with van der Waals surface area (Å²) in [5, 5.41) is 0. The highest BCUT2D eigenvalue weighted by atomic mass is 32.1. The highest BCUT2D eigenvalue weighted by molar-refractivity contribution is 7.09. The van der Waals surface area contributed by atoms with Crippen molar-refractivity contribution >= 4 is 23.2 Å². The molecule has 5 nitrogen and oxygen atoms in total. The minimum absolute atomic E-state index is 0.0206. The van der Waals surface area contributed by atoms with E-state index in [2.05, 4.69) is 11.6 Å². The maximum Gasteiger partial charge on any atom is 0.256 e. The van der Waals surface area contributed by atoms with Crippen molar-refractivity contribution < 1.29 is 14.0 Å². The molecule has 2 aromatic rings. The third-order valence-corrected chi connectivity index (χ3v) is 5.33. The summed E-state index contributed by atoms with van der Waals surface area (Å²) in [5.74, 6) is -0.934. The molecular formula is C19H20FN3O2S. The zero-order chi connectivity index (χ0) is 18.5. The van der Waals surface area contributed by atoms with Gasteiger partial charge in [0.25, 0.3) is 5.91 Å². The monoisotopic (exact) mass is 373 g/mol. The molecule has 0 atom stereocenters. The van der Waals surface area contributed by atoms with Crippen molar-refractivity contribution in [2.24, 2.45) is 0 Å². The van der Waals surface area contributed by atoms with Gasteiger partial charge in [-0.2, -0.15) is 0 Å². The van der Waals surface area contributed by atoms with E-state index in [-0.39, 0.29) is 23.4 Å². The van der Waals surface area contributed by atoms with Crippen LogP contribution in [0, 0.1) is 5.82 Å². The van der Waals surface area contributed by atoms with Crippen LogP contribution in [0.4, 0.5) is 4.39 Å². The second kappa shape index (κ2) is 8.23. The Balaban J connectivity index is 1.66. The number of carbonyl (C=O) groups is 2. The van der Waals surface area contributed by atoms with Gasteiger partial charge in [0.1, 0.15) is 5.82 Å². The van der Waals surface area contributed by atoms with Crippen molar-refractivity contribution in [3.63, 3.8) is 0 Å². The number of piperidine rings is 1. The van der Waals surface area contributed by atoms with E-state index < -0.39 is 5.82 Å². The zero-order valence-electron chi connectivity index (χ0n) is 14.3. The van der Waals surface area contributed by atoms with Crippen molar-refractivity contribution in [2.75, 3.05) is 13.1 Å². The SMILES string of the molecule is C=CC(=O)N(Cc1cncs1)C1CCN(C(=O)c2ccccc2F)CC1. The summed E-state index contributed by atoms with van der Waals surface area (Å²) < 4.78 is 13.8. The molecule has 3 rings (SSSR count). The van der Waals surface area contributed by atoms with E-state index in [9.17, 15) is 14.0 Å². The van der Waals surface area contributed by atoms with Crippen molar-refractivity contribution in [3.8, 4) is 0 Å². The molecule has 1 aliphatic heterocycles. The van der Waals surface area contributed by atoms with E-state index in [1.807, 2.05) is 0 Å². The molecule has 1 saturated heterocycles. The van der Waals surface area contributed by atoms with Crippen LogP contribution in [0.15, 0.2) is 48.6 Å². The molecule has 0 N–H and O–H groups in total. The van der Waals surface area contributed by atoms with Gasteiger partial charge in [-0.25, -0.2) is 4.39 Å². The third kappa shape index (κ3) is 3.99. The van der Waals surface area contributed by atoms with Crippen molar-refractivity contribution in [3.05, 3.63) is 64.9 Å². The summed E-state index contributed by atoms with van der Waals surface area (Å²) in [6.45, 7) is 5.05. The highest BCUT2D eigenvalue weighted by Crippen LogP contribution is 2.22. The van der Waals surface area contributed by atoms with Crippen LogP contribution in [0.2, 0.25) is 0 Å². The summed E-state index contributed by atoms with van der Waals surface area (Å²) in [6.07, 6.45) is 4.37. The number of rotatable bonds is 5. The van der Waals surface area contributed by atoms with Crippen molar-refractivity contribution in [1.29, 1.82) is 0 Å². The number of aromatic nitrogens is 1. The molecule has 1 fully saturated rings. The molecule has 0 radical (unpaired) electrons. The Labute approximate surface area is 155 Å². The van der Waals surface area contributed by atoms with Gasteiger partial charge in [0.15, 0.2) is 0 Å². The molecule has 0 saturated carbocycles. The molecule has 2 heterocycles. The predicted octanol–water partition coefficient (Wildman–Crippen LogP) is 3.10. The molecule has 0 aliphatic carbocycles. The van der Waals surface area contributed by atoms with Crippen LogP contribution in [-0.2, 0) is 11.3 Å². The predicted molar refractivity (Wildman–Crippen MR) is 98.2 cm³/mol. The summed E-state index contributed by atoms with van der Waals surface area (Å²) >= 11 is 1.50. The van der Waals surface area contributed by atoms with Crippen LogP contribution in [-0.4, -0.2) is 45.7 Å². The van der Waals surface area contributed by atoms with Gasteiger partial charge < -0.3 is 9.80 Å². The Kier molecular flexibility index (Phi) is 5.78. The van der Waals surface area contributed by atoms with Crippen LogP contribution in [0.5, 0.6) is 0 Å². The third-order valence-electron chi connectivity index (χ3n) is 4.56. The Morgan fingerprint density at radius 1 is 1.35 bits per heavy atom. The Hall–Kier alpha value is -2.54. The van der Waals surface area contributed by atoms with E-state index >= 15 is 0 Å². The average Bonchev–Trinajstić information content (AvgIpc) is 3.19. The first kappa shape index (κ1) is 18.3. The molecule has 0 bridgehead atoms. The quantitative estimate of drug-likeness (QED) is 0.757. The number of thiazole rings is 1. The fourth-order valence-corrected chi connectivity index (χ4v) is 3.77. The number of hydrogen-bond donors (Lipinski definition) is 0. The summed E-state index contributed by atoms with van der Waals surface area (Å²) in [4.78, 5) is 33.3. The number of carbonyl (C=O) groups excluding carboxylic acids is 2. The number of benzene rings is 1. The molecule has 0 spiro atoms. The molecule has 0 unspecified atom stereocenters. The molecular weight excluding hydrogens is 353 g/mol. The van der Waals surface area contributed by atoms with Gasteiger partial charge in [0.2, 0.25) is 5.91 Å². The van der Waals surface area contributed by atoms with Crippen LogP contribution < -0.4 is 0 Å². The molecule has 136 valence electrons. The number of amides is 2. The first-order chi connectivity index (χ1) is 12.6. The topological polar surface area (TPSA) is 53.5 Å². The zero-order valence-corrected chi connectivity index (χ0v) is 15.1. The maximum absolute atomic E-state index is 13.8. The Morgan fingerprint density at radius 2 is 2.08 bits per heavy atom. The van der Waals surface area contributed by atoms with Crippen molar-refractivity contribution in [2.45, 2.75) is 25.4 Å². The maximum atomic E-state index is 13.8.